The van der Waals surface area contributed by atoms with Gasteiger partial charge in [0.15, 0.2) is 0 Å². The number of amides is 1. The van der Waals surface area contributed by atoms with Gasteiger partial charge in [0.25, 0.3) is 0 Å². The third kappa shape index (κ3) is 6.95. The number of thioether (sulfide) groups is 1. The number of alkyl halides is 3. The van der Waals surface area contributed by atoms with Crippen molar-refractivity contribution < 1.29 is 23.1 Å². The average molecular weight is 259 g/mol. The predicted molar refractivity (Wildman–Crippen MR) is 57.3 cm³/mol. The van der Waals surface area contributed by atoms with E-state index in [4.69, 9.17) is 5.11 Å². The molecule has 0 aromatic heterocycles. The fraction of sp³-hybridized carbons (Fsp3) is 0.889. The molecule has 0 aromatic carbocycles. The van der Waals surface area contributed by atoms with Crippen LogP contribution < -0.4 is 5.32 Å². The van der Waals surface area contributed by atoms with E-state index in [-0.39, 0.29) is 17.9 Å². The number of carbonyl (C=O) groups excluding carboxylic acids is 1. The lowest BCUT2D eigenvalue weighted by atomic mass is 10.2. The first-order chi connectivity index (χ1) is 7.30. The normalized spacial score (nSPS) is 15.6. The van der Waals surface area contributed by atoms with E-state index >= 15 is 0 Å². The molecule has 96 valence electrons. The van der Waals surface area contributed by atoms with Crippen molar-refractivity contribution in [2.45, 2.75) is 37.2 Å². The van der Waals surface area contributed by atoms with Crippen molar-refractivity contribution in [2.75, 3.05) is 12.9 Å². The van der Waals surface area contributed by atoms with Gasteiger partial charge in [0.05, 0.1) is 13.0 Å². The lowest BCUT2D eigenvalue weighted by Gasteiger charge is -2.21. The van der Waals surface area contributed by atoms with Crippen LogP contribution in [-0.2, 0) is 4.79 Å². The Morgan fingerprint density at radius 1 is 1.50 bits per heavy atom. The first-order valence-corrected chi connectivity index (χ1v) is 6.08. The van der Waals surface area contributed by atoms with Crippen molar-refractivity contribution in [3.05, 3.63) is 0 Å². The van der Waals surface area contributed by atoms with E-state index in [0.29, 0.717) is 0 Å². The van der Waals surface area contributed by atoms with Gasteiger partial charge < -0.3 is 10.4 Å². The van der Waals surface area contributed by atoms with Crippen LogP contribution in [0.2, 0.25) is 0 Å². The van der Waals surface area contributed by atoms with E-state index < -0.39 is 24.9 Å². The van der Waals surface area contributed by atoms with Gasteiger partial charge in [-0.05, 0) is 13.2 Å². The molecule has 2 N–H and O–H groups in total. The van der Waals surface area contributed by atoms with E-state index in [2.05, 4.69) is 5.32 Å². The van der Waals surface area contributed by atoms with Crippen molar-refractivity contribution in [3.8, 4) is 0 Å². The molecule has 0 aliphatic rings. The van der Waals surface area contributed by atoms with E-state index in [1.165, 1.54) is 11.8 Å². The van der Waals surface area contributed by atoms with Crippen LogP contribution in [0.5, 0.6) is 0 Å². The minimum Gasteiger partial charge on any atom is -0.395 e. The zero-order valence-electron chi connectivity index (χ0n) is 9.17. The Morgan fingerprint density at radius 3 is 2.44 bits per heavy atom. The SMILES string of the molecule is CS[C@H](CO)[C@@H](C)NC(=O)CCC(F)(F)F. The minimum atomic E-state index is -4.31. The van der Waals surface area contributed by atoms with Crippen LogP contribution in [0.1, 0.15) is 19.8 Å². The summed E-state index contributed by atoms with van der Waals surface area (Å²) in [6, 6.07) is -0.347. The molecule has 0 spiro atoms. The summed E-state index contributed by atoms with van der Waals surface area (Å²) in [5, 5.41) is 11.2. The zero-order chi connectivity index (χ0) is 12.8. The first kappa shape index (κ1) is 15.6. The van der Waals surface area contributed by atoms with Gasteiger partial charge in [0.2, 0.25) is 5.91 Å². The lowest BCUT2D eigenvalue weighted by Crippen LogP contribution is -2.41. The molecular weight excluding hydrogens is 243 g/mol. The predicted octanol–water partition coefficient (Wildman–Crippen LogP) is 1.56. The number of nitrogens with one attached hydrogen (secondary N) is 1. The maximum absolute atomic E-state index is 11.8. The molecule has 16 heavy (non-hydrogen) atoms. The summed E-state index contributed by atoms with van der Waals surface area (Å²) in [5.74, 6) is -0.641. The molecule has 0 saturated heterocycles. The number of hydrogen-bond donors (Lipinski definition) is 2. The molecule has 0 aliphatic heterocycles. The molecule has 0 rings (SSSR count). The molecule has 0 saturated carbocycles. The monoisotopic (exact) mass is 259 g/mol. The van der Waals surface area contributed by atoms with E-state index in [1.807, 2.05) is 0 Å². The molecule has 0 fully saturated rings. The van der Waals surface area contributed by atoms with Gasteiger partial charge in [0, 0.05) is 17.7 Å². The Balaban J connectivity index is 3.95. The summed E-state index contributed by atoms with van der Waals surface area (Å²) in [7, 11) is 0. The van der Waals surface area contributed by atoms with Crippen LogP contribution in [-0.4, -0.2) is 41.3 Å². The van der Waals surface area contributed by atoms with E-state index in [9.17, 15) is 18.0 Å². The highest BCUT2D eigenvalue weighted by Gasteiger charge is 2.28. The van der Waals surface area contributed by atoms with Crippen molar-refractivity contribution >= 4 is 17.7 Å². The number of aliphatic hydroxyl groups is 1. The Bertz CT molecular complexity index is 219. The van der Waals surface area contributed by atoms with Gasteiger partial charge in [-0.2, -0.15) is 24.9 Å². The molecular formula is C9H16F3NO2S. The van der Waals surface area contributed by atoms with Crippen molar-refractivity contribution in [2.24, 2.45) is 0 Å². The fourth-order valence-electron chi connectivity index (χ4n) is 1.11. The Hall–Kier alpha value is -0.430. The molecule has 1 amide bonds. The van der Waals surface area contributed by atoms with Gasteiger partial charge in [-0.15, -0.1) is 0 Å². The first-order valence-electron chi connectivity index (χ1n) is 4.80. The van der Waals surface area contributed by atoms with Gasteiger partial charge in [-0.1, -0.05) is 0 Å². The largest absolute Gasteiger partial charge is 0.395 e. The van der Waals surface area contributed by atoms with Crippen molar-refractivity contribution in [1.29, 1.82) is 0 Å². The highest BCUT2D eigenvalue weighted by Crippen LogP contribution is 2.21. The minimum absolute atomic E-state index is 0.123. The molecule has 2 atom stereocenters. The summed E-state index contributed by atoms with van der Waals surface area (Å²) in [6.07, 6.45) is -4.23. The maximum atomic E-state index is 11.8. The quantitative estimate of drug-likeness (QED) is 0.761. The summed E-state index contributed by atoms with van der Waals surface area (Å²) in [4.78, 5) is 11.1. The van der Waals surface area contributed by atoms with Crippen LogP contribution in [0.15, 0.2) is 0 Å². The molecule has 3 nitrogen and oxygen atoms in total. The van der Waals surface area contributed by atoms with Crippen LogP contribution >= 0.6 is 11.8 Å². The summed E-state index contributed by atoms with van der Waals surface area (Å²) >= 11 is 1.36. The Kier molecular flexibility index (Phi) is 6.82. The number of halogens is 3. The Labute approximate surface area is 96.8 Å². The molecule has 0 aliphatic carbocycles. The molecule has 0 radical (unpaired) electrons. The topological polar surface area (TPSA) is 49.3 Å². The Morgan fingerprint density at radius 2 is 2.06 bits per heavy atom. The second kappa shape index (κ2) is 7.01. The molecule has 7 heteroatoms. The average Bonchev–Trinajstić information content (AvgIpc) is 2.15. The van der Waals surface area contributed by atoms with Gasteiger partial charge in [-0.25, -0.2) is 0 Å². The highest BCUT2D eigenvalue weighted by molar-refractivity contribution is 7.99. The van der Waals surface area contributed by atoms with Crippen LogP contribution in [0, 0.1) is 0 Å². The smallest absolute Gasteiger partial charge is 0.389 e. The maximum Gasteiger partial charge on any atom is 0.389 e. The standard InChI is InChI=1S/C9H16F3NO2S/c1-6(7(5-14)16-2)13-8(15)3-4-9(10,11)12/h6-7,14H,3-5H2,1-2H3,(H,13,15)/t6-,7-/m1/s1. The fourth-order valence-corrected chi connectivity index (χ4v) is 1.74. The van der Waals surface area contributed by atoms with Crippen LogP contribution in [0.4, 0.5) is 13.2 Å². The van der Waals surface area contributed by atoms with Crippen molar-refractivity contribution in [1.82, 2.24) is 5.32 Å². The van der Waals surface area contributed by atoms with Gasteiger partial charge in [-0.3, -0.25) is 4.79 Å². The van der Waals surface area contributed by atoms with Crippen LogP contribution in [0.3, 0.4) is 0 Å². The number of carbonyl (C=O) groups is 1. The number of aliphatic hydroxyl groups excluding tert-OH is 1. The molecule has 0 heterocycles. The van der Waals surface area contributed by atoms with Gasteiger partial charge >= 0.3 is 6.18 Å². The van der Waals surface area contributed by atoms with Crippen LogP contribution in [0.25, 0.3) is 0 Å². The molecule has 0 unspecified atom stereocenters. The summed E-state index contributed by atoms with van der Waals surface area (Å²) in [5.41, 5.74) is 0. The van der Waals surface area contributed by atoms with Crippen molar-refractivity contribution in [3.63, 3.8) is 0 Å². The molecule has 0 aromatic rings. The number of hydrogen-bond acceptors (Lipinski definition) is 3. The summed E-state index contributed by atoms with van der Waals surface area (Å²) < 4.78 is 35.5. The lowest BCUT2D eigenvalue weighted by molar-refractivity contribution is -0.144. The molecule has 0 bridgehead atoms. The third-order valence-electron chi connectivity index (χ3n) is 2.06. The zero-order valence-corrected chi connectivity index (χ0v) is 9.99. The second-order valence-electron chi connectivity index (χ2n) is 3.43. The highest BCUT2D eigenvalue weighted by atomic mass is 32.2. The summed E-state index contributed by atoms with van der Waals surface area (Å²) in [6.45, 7) is 1.53. The van der Waals surface area contributed by atoms with E-state index in [1.54, 1.807) is 13.2 Å². The third-order valence-corrected chi connectivity index (χ3v) is 3.23. The number of rotatable bonds is 6. The second-order valence-corrected chi connectivity index (χ2v) is 4.50. The van der Waals surface area contributed by atoms with Gasteiger partial charge in [0.1, 0.15) is 0 Å². The van der Waals surface area contributed by atoms with E-state index in [0.717, 1.165) is 0 Å².